The number of carbonyl (C=O) groups is 1. The van der Waals surface area contributed by atoms with Crippen LogP contribution < -0.4 is 11.1 Å². The average Bonchev–Trinajstić information content (AvgIpc) is 2.64. The molecule has 2 aromatic carbocycles. The van der Waals surface area contributed by atoms with Crippen molar-refractivity contribution >= 4 is 17.3 Å². The number of fused-ring (bicyclic) bond motifs is 1. The van der Waals surface area contributed by atoms with E-state index in [0.717, 1.165) is 23.4 Å². The zero-order valence-electron chi connectivity index (χ0n) is 12.8. The third-order valence-corrected chi connectivity index (χ3v) is 4.06. The largest absolute Gasteiger partial charge is 0.399 e. The van der Waals surface area contributed by atoms with Crippen molar-refractivity contribution in [2.75, 3.05) is 17.6 Å². The van der Waals surface area contributed by atoms with Crippen molar-refractivity contribution in [2.24, 2.45) is 0 Å². The van der Waals surface area contributed by atoms with E-state index >= 15 is 0 Å². The molecule has 3 N–H and O–H groups in total. The maximum atomic E-state index is 12.6. The van der Waals surface area contributed by atoms with Gasteiger partial charge in [-0.2, -0.15) is 0 Å². The van der Waals surface area contributed by atoms with Crippen LogP contribution in [-0.2, 0) is 17.8 Å². The van der Waals surface area contributed by atoms with Crippen LogP contribution in [0.3, 0.4) is 0 Å². The van der Waals surface area contributed by atoms with Gasteiger partial charge in [0.15, 0.2) is 0 Å². The Morgan fingerprint density at radius 3 is 2.77 bits per heavy atom. The molecule has 2 aromatic rings. The number of nitrogens with two attached hydrogens (primary N) is 1. The van der Waals surface area contributed by atoms with Gasteiger partial charge < -0.3 is 16.0 Å². The van der Waals surface area contributed by atoms with Gasteiger partial charge in [0.25, 0.3) is 0 Å². The molecule has 1 atom stereocenters. The van der Waals surface area contributed by atoms with Crippen LogP contribution in [0.15, 0.2) is 48.5 Å². The lowest BCUT2D eigenvalue weighted by molar-refractivity contribution is -0.132. The van der Waals surface area contributed by atoms with E-state index in [4.69, 9.17) is 5.73 Å². The molecule has 4 nitrogen and oxygen atoms in total. The Morgan fingerprint density at radius 1 is 1.23 bits per heavy atom. The summed E-state index contributed by atoms with van der Waals surface area (Å²) in [6.45, 7) is 3.22. The highest BCUT2D eigenvalue weighted by molar-refractivity contribution is 5.86. The fourth-order valence-electron chi connectivity index (χ4n) is 2.84. The molecular weight excluding hydrogens is 274 g/mol. The molecule has 1 aliphatic heterocycles. The Balaban J connectivity index is 1.79. The highest BCUT2D eigenvalue weighted by Crippen LogP contribution is 2.25. The summed E-state index contributed by atoms with van der Waals surface area (Å²) in [4.78, 5) is 14.5. The van der Waals surface area contributed by atoms with Crippen molar-refractivity contribution in [2.45, 2.75) is 25.9 Å². The van der Waals surface area contributed by atoms with Crippen molar-refractivity contribution < 1.29 is 4.79 Å². The standard InChI is InChI=1S/C18H21N3O/c1-13-18(22)21(10-9-14-5-3-2-4-6-14)12-15-11-16(19)7-8-17(15)20-13/h2-8,11,13,20H,9-10,12,19H2,1H3. The molecule has 0 saturated carbocycles. The lowest BCUT2D eigenvalue weighted by Gasteiger charge is -2.23. The Labute approximate surface area is 130 Å². The van der Waals surface area contributed by atoms with E-state index in [9.17, 15) is 4.79 Å². The van der Waals surface area contributed by atoms with E-state index in [1.165, 1.54) is 5.56 Å². The molecule has 22 heavy (non-hydrogen) atoms. The van der Waals surface area contributed by atoms with Crippen molar-refractivity contribution in [1.82, 2.24) is 4.90 Å². The molecule has 4 heteroatoms. The summed E-state index contributed by atoms with van der Waals surface area (Å²) in [5.41, 5.74) is 9.92. The summed E-state index contributed by atoms with van der Waals surface area (Å²) in [5, 5.41) is 3.28. The van der Waals surface area contributed by atoms with Gasteiger partial charge in [-0.15, -0.1) is 0 Å². The van der Waals surface area contributed by atoms with E-state index < -0.39 is 0 Å². The van der Waals surface area contributed by atoms with Crippen LogP contribution in [0.5, 0.6) is 0 Å². The molecule has 3 rings (SSSR count). The summed E-state index contributed by atoms with van der Waals surface area (Å²) < 4.78 is 0. The van der Waals surface area contributed by atoms with Gasteiger partial charge in [0.1, 0.15) is 6.04 Å². The molecule has 0 aromatic heterocycles. The Bertz CT molecular complexity index is 669. The first kappa shape index (κ1) is 14.4. The number of carbonyl (C=O) groups excluding carboxylic acids is 1. The van der Waals surface area contributed by atoms with Crippen LogP contribution in [0.4, 0.5) is 11.4 Å². The number of hydrogen-bond donors (Lipinski definition) is 2. The lowest BCUT2D eigenvalue weighted by Crippen LogP contribution is -2.39. The third-order valence-electron chi connectivity index (χ3n) is 4.06. The first-order valence-electron chi connectivity index (χ1n) is 7.61. The highest BCUT2D eigenvalue weighted by atomic mass is 16.2. The molecule has 0 saturated heterocycles. The maximum Gasteiger partial charge on any atom is 0.245 e. The van der Waals surface area contributed by atoms with Gasteiger partial charge in [-0.3, -0.25) is 4.79 Å². The van der Waals surface area contributed by atoms with Crippen LogP contribution in [0.1, 0.15) is 18.1 Å². The van der Waals surface area contributed by atoms with E-state index in [-0.39, 0.29) is 11.9 Å². The van der Waals surface area contributed by atoms with Crippen molar-refractivity contribution in [1.29, 1.82) is 0 Å². The number of nitrogen functional groups attached to an aromatic ring is 1. The molecule has 0 radical (unpaired) electrons. The van der Waals surface area contributed by atoms with Crippen molar-refractivity contribution in [3.8, 4) is 0 Å². The van der Waals surface area contributed by atoms with Crippen LogP contribution >= 0.6 is 0 Å². The molecule has 0 aliphatic carbocycles. The summed E-state index contributed by atoms with van der Waals surface area (Å²) in [5.74, 6) is 0.130. The second kappa shape index (κ2) is 6.10. The summed E-state index contributed by atoms with van der Waals surface area (Å²) in [7, 11) is 0. The normalized spacial score (nSPS) is 17.6. The number of nitrogens with one attached hydrogen (secondary N) is 1. The topological polar surface area (TPSA) is 58.4 Å². The third kappa shape index (κ3) is 3.06. The molecule has 114 valence electrons. The Kier molecular flexibility index (Phi) is 4.00. The first-order valence-corrected chi connectivity index (χ1v) is 7.61. The zero-order valence-corrected chi connectivity index (χ0v) is 12.8. The van der Waals surface area contributed by atoms with Gasteiger partial charge in [-0.05, 0) is 42.7 Å². The van der Waals surface area contributed by atoms with E-state index in [1.807, 2.05) is 48.2 Å². The van der Waals surface area contributed by atoms with E-state index in [1.54, 1.807) is 0 Å². The highest BCUT2D eigenvalue weighted by Gasteiger charge is 2.25. The number of anilines is 2. The fraction of sp³-hybridized carbons (Fsp3) is 0.278. The fourth-order valence-corrected chi connectivity index (χ4v) is 2.84. The predicted molar refractivity (Wildman–Crippen MR) is 89.5 cm³/mol. The number of hydrogen-bond acceptors (Lipinski definition) is 3. The molecule has 1 amide bonds. The first-order chi connectivity index (χ1) is 10.6. The monoisotopic (exact) mass is 295 g/mol. The molecular formula is C18H21N3O. The number of rotatable bonds is 3. The molecule has 0 bridgehead atoms. The summed E-state index contributed by atoms with van der Waals surface area (Å²) >= 11 is 0. The Morgan fingerprint density at radius 2 is 2.00 bits per heavy atom. The molecule has 1 heterocycles. The van der Waals surface area contributed by atoms with Gasteiger partial charge in [0.2, 0.25) is 5.91 Å². The smallest absolute Gasteiger partial charge is 0.245 e. The Hall–Kier alpha value is -2.49. The summed E-state index contributed by atoms with van der Waals surface area (Å²) in [6.07, 6.45) is 0.858. The average molecular weight is 295 g/mol. The van der Waals surface area contributed by atoms with Gasteiger partial charge in [0, 0.05) is 24.5 Å². The minimum absolute atomic E-state index is 0.130. The van der Waals surface area contributed by atoms with Gasteiger partial charge in [0.05, 0.1) is 0 Å². The second-order valence-electron chi connectivity index (χ2n) is 5.78. The quantitative estimate of drug-likeness (QED) is 0.856. The minimum Gasteiger partial charge on any atom is -0.399 e. The van der Waals surface area contributed by atoms with Gasteiger partial charge in [-0.1, -0.05) is 30.3 Å². The zero-order chi connectivity index (χ0) is 15.5. The van der Waals surface area contributed by atoms with Crippen LogP contribution in [0.2, 0.25) is 0 Å². The molecule has 0 spiro atoms. The maximum absolute atomic E-state index is 12.6. The molecule has 1 unspecified atom stereocenters. The number of benzene rings is 2. The van der Waals surface area contributed by atoms with Crippen LogP contribution in [-0.4, -0.2) is 23.4 Å². The molecule has 1 aliphatic rings. The lowest BCUT2D eigenvalue weighted by atomic mass is 10.1. The van der Waals surface area contributed by atoms with Crippen LogP contribution in [0, 0.1) is 0 Å². The summed E-state index contributed by atoms with van der Waals surface area (Å²) in [6, 6.07) is 15.8. The van der Waals surface area contributed by atoms with E-state index in [2.05, 4.69) is 17.4 Å². The van der Waals surface area contributed by atoms with Gasteiger partial charge >= 0.3 is 0 Å². The minimum atomic E-state index is -0.222. The van der Waals surface area contributed by atoms with Gasteiger partial charge in [-0.25, -0.2) is 0 Å². The SMILES string of the molecule is CC1Nc2ccc(N)cc2CN(CCc2ccccc2)C1=O. The predicted octanol–water partition coefficient (Wildman–Crippen LogP) is 2.65. The van der Waals surface area contributed by atoms with E-state index in [0.29, 0.717) is 13.1 Å². The number of amides is 1. The van der Waals surface area contributed by atoms with Crippen LogP contribution in [0.25, 0.3) is 0 Å². The number of nitrogens with zero attached hydrogens (tertiary/aromatic N) is 1. The molecule has 0 fully saturated rings. The second-order valence-corrected chi connectivity index (χ2v) is 5.78. The van der Waals surface area contributed by atoms with Crippen molar-refractivity contribution in [3.63, 3.8) is 0 Å². The van der Waals surface area contributed by atoms with Crippen molar-refractivity contribution in [3.05, 3.63) is 59.7 Å².